The highest BCUT2D eigenvalue weighted by molar-refractivity contribution is 6.60. The molecule has 1 N–H and O–H groups in total. The third kappa shape index (κ3) is 3.65. The largest absolute Gasteiger partial charge is 0.532 e. The molecule has 7 heteroatoms. The molecule has 0 radical (unpaired) electrons. The van der Waals surface area contributed by atoms with E-state index in [0.717, 1.165) is 0 Å². The predicted molar refractivity (Wildman–Crippen MR) is 84.3 cm³/mol. The maximum absolute atomic E-state index is 11.7. The van der Waals surface area contributed by atoms with E-state index >= 15 is 0 Å². The van der Waals surface area contributed by atoms with Crippen LogP contribution in [0.25, 0.3) is 0 Å². The molecule has 0 spiro atoms. The summed E-state index contributed by atoms with van der Waals surface area (Å²) in [5.41, 5.74) is -0.432. The molecule has 0 aliphatic carbocycles. The lowest BCUT2D eigenvalue weighted by Gasteiger charge is -2.32. The fourth-order valence-corrected chi connectivity index (χ4v) is 1.92. The number of carbonyl (C=O) groups is 1. The lowest BCUT2D eigenvalue weighted by Crippen LogP contribution is -2.41. The van der Waals surface area contributed by atoms with Gasteiger partial charge in [-0.3, -0.25) is 5.32 Å². The van der Waals surface area contributed by atoms with Crippen LogP contribution in [-0.2, 0) is 14.0 Å². The maximum Gasteiger partial charge on any atom is 0.532 e. The second-order valence-electron chi connectivity index (χ2n) is 7.45. The summed E-state index contributed by atoms with van der Waals surface area (Å²) >= 11 is 0. The van der Waals surface area contributed by atoms with Crippen molar-refractivity contribution in [3.05, 3.63) is 12.3 Å². The number of rotatable bonds is 2. The van der Waals surface area contributed by atoms with E-state index in [9.17, 15) is 4.79 Å². The first kappa shape index (κ1) is 16.9. The highest BCUT2D eigenvalue weighted by atomic mass is 16.7. The zero-order valence-corrected chi connectivity index (χ0v) is 14.3. The standard InChI is InChI=1S/C15H24BNO5/c1-13(2,3)20-12(18)17-10-8-11(19-9-10)16-21-14(4,5)15(6,7)22-16/h8-9H,1-7H3,(H,17,18). The van der Waals surface area contributed by atoms with Gasteiger partial charge in [-0.1, -0.05) is 0 Å². The van der Waals surface area contributed by atoms with Crippen molar-refractivity contribution >= 4 is 24.6 Å². The zero-order chi connectivity index (χ0) is 16.8. The van der Waals surface area contributed by atoms with Crippen molar-refractivity contribution < 1.29 is 23.3 Å². The summed E-state index contributed by atoms with van der Waals surface area (Å²) in [6.07, 6.45) is 0.901. The average Bonchev–Trinajstić information content (AvgIpc) is 2.79. The van der Waals surface area contributed by atoms with Crippen molar-refractivity contribution in [2.45, 2.75) is 65.3 Å². The first-order valence-electron chi connectivity index (χ1n) is 7.34. The zero-order valence-electron chi connectivity index (χ0n) is 14.3. The Hall–Kier alpha value is -1.47. The minimum atomic E-state index is -0.598. The summed E-state index contributed by atoms with van der Waals surface area (Å²) in [4.78, 5) is 11.7. The number of anilines is 1. The van der Waals surface area contributed by atoms with Gasteiger partial charge < -0.3 is 18.5 Å². The van der Waals surface area contributed by atoms with Crippen molar-refractivity contribution in [1.82, 2.24) is 0 Å². The molecule has 0 aromatic carbocycles. The molecule has 1 aromatic rings. The minimum absolute atomic E-state index is 0.441. The van der Waals surface area contributed by atoms with E-state index in [-0.39, 0.29) is 0 Å². The van der Waals surface area contributed by atoms with Gasteiger partial charge in [0.25, 0.3) is 0 Å². The fourth-order valence-electron chi connectivity index (χ4n) is 1.92. The van der Waals surface area contributed by atoms with E-state index in [2.05, 4.69) is 5.32 Å². The van der Waals surface area contributed by atoms with Crippen molar-refractivity contribution in [2.24, 2.45) is 0 Å². The van der Waals surface area contributed by atoms with E-state index in [1.54, 1.807) is 26.8 Å². The molecular formula is C15H24BNO5. The van der Waals surface area contributed by atoms with Crippen LogP contribution in [0.15, 0.2) is 16.7 Å². The second kappa shape index (κ2) is 5.31. The van der Waals surface area contributed by atoms with Gasteiger partial charge in [0, 0.05) is 0 Å². The van der Waals surface area contributed by atoms with Crippen LogP contribution in [0.2, 0.25) is 0 Å². The van der Waals surface area contributed by atoms with Gasteiger partial charge >= 0.3 is 13.2 Å². The van der Waals surface area contributed by atoms with Gasteiger partial charge in [0.1, 0.15) is 17.5 Å². The van der Waals surface area contributed by atoms with Crippen LogP contribution in [-0.4, -0.2) is 30.0 Å². The Morgan fingerprint density at radius 2 is 1.73 bits per heavy atom. The van der Waals surface area contributed by atoms with Crippen molar-refractivity contribution in [1.29, 1.82) is 0 Å². The topological polar surface area (TPSA) is 69.9 Å². The summed E-state index contributed by atoms with van der Waals surface area (Å²) in [5.74, 6) is 0. The number of ether oxygens (including phenoxy) is 1. The summed E-state index contributed by atoms with van der Waals surface area (Å²) in [6.45, 7) is 13.3. The Labute approximate surface area is 131 Å². The van der Waals surface area contributed by atoms with E-state index in [1.807, 2.05) is 27.7 Å². The lowest BCUT2D eigenvalue weighted by molar-refractivity contribution is 0.00578. The molecule has 1 aromatic heterocycles. The van der Waals surface area contributed by atoms with Gasteiger partial charge in [-0.05, 0) is 54.5 Å². The maximum atomic E-state index is 11.7. The van der Waals surface area contributed by atoms with Crippen LogP contribution in [0.1, 0.15) is 48.5 Å². The SMILES string of the molecule is CC(C)(C)OC(=O)Nc1coc(B2OC(C)(C)C(C)(C)O2)c1. The quantitative estimate of drug-likeness (QED) is 0.851. The van der Waals surface area contributed by atoms with Gasteiger partial charge in [0.2, 0.25) is 0 Å². The van der Waals surface area contributed by atoms with Crippen LogP contribution in [0.5, 0.6) is 0 Å². The van der Waals surface area contributed by atoms with Crippen molar-refractivity contribution in [3.63, 3.8) is 0 Å². The molecule has 1 aliphatic rings. The van der Waals surface area contributed by atoms with Gasteiger partial charge in [0.15, 0.2) is 0 Å². The van der Waals surface area contributed by atoms with Gasteiger partial charge in [-0.2, -0.15) is 0 Å². The van der Waals surface area contributed by atoms with E-state index in [1.165, 1.54) is 6.26 Å². The van der Waals surface area contributed by atoms with Crippen molar-refractivity contribution in [2.75, 3.05) is 5.32 Å². The van der Waals surface area contributed by atoms with E-state index < -0.39 is 30.0 Å². The minimum Gasteiger partial charge on any atom is -0.471 e. The van der Waals surface area contributed by atoms with Gasteiger partial charge in [0.05, 0.1) is 16.9 Å². The Morgan fingerprint density at radius 1 is 1.18 bits per heavy atom. The van der Waals surface area contributed by atoms with Crippen molar-refractivity contribution in [3.8, 4) is 0 Å². The lowest BCUT2D eigenvalue weighted by atomic mass is 9.86. The molecule has 2 rings (SSSR count). The molecular weight excluding hydrogens is 285 g/mol. The van der Waals surface area contributed by atoms with Gasteiger partial charge in [-0.25, -0.2) is 4.79 Å². The Morgan fingerprint density at radius 3 is 2.23 bits per heavy atom. The number of hydrogen-bond donors (Lipinski definition) is 1. The summed E-state index contributed by atoms with van der Waals surface area (Å²) in [5, 5.41) is 2.62. The van der Waals surface area contributed by atoms with Crippen LogP contribution >= 0.6 is 0 Å². The molecule has 0 saturated carbocycles. The molecule has 0 bridgehead atoms. The molecule has 0 unspecified atom stereocenters. The Kier molecular flexibility index (Phi) is 4.08. The third-order valence-electron chi connectivity index (χ3n) is 3.75. The highest BCUT2D eigenvalue weighted by Crippen LogP contribution is 2.36. The molecule has 6 nitrogen and oxygen atoms in total. The number of carbonyl (C=O) groups excluding carboxylic acids is 1. The average molecular weight is 309 g/mol. The monoisotopic (exact) mass is 309 g/mol. The Balaban J connectivity index is 2.03. The molecule has 22 heavy (non-hydrogen) atoms. The Bertz CT molecular complexity index is 543. The fraction of sp³-hybridized carbons (Fsp3) is 0.667. The first-order valence-corrected chi connectivity index (χ1v) is 7.34. The third-order valence-corrected chi connectivity index (χ3v) is 3.75. The molecule has 122 valence electrons. The molecule has 1 saturated heterocycles. The second-order valence-corrected chi connectivity index (χ2v) is 7.45. The van der Waals surface area contributed by atoms with Crippen LogP contribution < -0.4 is 11.0 Å². The number of furan rings is 1. The summed E-state index contributed by atoms with van der Waals surface area (Å²) in [7, 11) is -0.598. The molecule has 1 aliphatic heterocycles. The normalized spacial score (nSPS) is 20.0. The smallest absolute Gasteiger partial charge is 0.471 e. The van der Waals surface area contributed by atoms with Crippen LogP contribution in [0.4, 0.5) is 10.5 Å². The number of nitrogens with one attached hydrogen (secondary N) is 1. The summed E-state index contributed by atoms with van der Waals surface area (Å²) in [6, 6.07) is 1.67. The molecule has 1 fully saturated rings. The number of hydrogen-bond acceptors (Lipinski definition) is 5. The van der Waals surface area contributed by atoms with Crippen LogP contribution in [0, 0.1) is 0 Å². The van der Waals surface area contributed by atoms with Gasteiger partial charge in [-0.15, -0.1) is 0 Å². The first-order chi connectivity index (χ1) is 9.90. The van der Waals surface area contributed by atoms with E-state index in [4.69, 9.17) is 18.5 Å². The molecule has 2 heterocycles. The predicted octanol–water partition coefficient (Wildman–Crippen LogP) is 2.93. The molecule has 0 atom stereocenters. The highest BCUT2D eigenvalue weighted by Gasteiger charge is 2.53. The molecule has 1 amide bonds. The van der Waals surface area contributed by atoms with Crippen LogP contribution in [0.3, 0.4) is 0 Å². The number of amides is 1. The van der Waals surface area contributed by atoms with E-state index in [0.29, 0.717) is 11.3 Å². The summed E-state index contributed by atoms with van der Waals surface area (Å²) < 4.78 is 22.4.